The van der Waals surface area contributed by atoms with Gasteiger partial charge < -0.3 is 0 Å². The summed E-state index contributed by atoms with van der Waals surface area (Å²) >= 11 is 0. The maximum Gasteiger partial charge on any atom is 0.0169 e. The van der Waals surface area contributed by atoms with Crippen molar-refractivity contribution in [2.24, 2.45) is 40.9 Å². The Kier molecular flexibility index (Phi) is 5.21. The van der Waals surface area contributed by atoms with Crippen LogP contribution in [0.3, 0.4) is 0 Å². The van der Waals surface area contributed by atoms with Gasteiger partial charge in [0.2, 0.25) is 0 Å². The molecule has 9 aliphatic carbocycles. The Bertz CT molecular complexity index is 1670. The van der Waals surface area contributed by atoms with E-state index in [1.165, 1.54) is 36.8 Å². The summed E-state index contributed by atoms with van der Waals surface area (Å²) in [5.74, 6) is 3.12. The van der Waals surface area contributed by atoms with Gasteiger partial charge in [-0.3, -0.25) is 0 Å². The summed E-state index contributed by atoms with van der Waals surface area (Å²) in [6, 6.07) is 0. The van der Waals surface area contributed by atoms with Crippen molar-refractivity contribution in [1.29, 1.82) is 0 Å². The van der Waals surface area contributed by atoms with E-state index in [1.54, 1.807) is 44.6 Å². The Morgan fingerprint density at radius 3 is 2.63 bits per heavy atom. The van der Waals surface area contributed by atoms with Crippen LogP contribution in [0.15, 0.2) is 153 Å². The first-order valence-corrected chi connectivity index (χ1v) is 16.2. The Labute approximate surface area is 245 Å². The molecule has 0 nitrogen and oxygen atoms in total. The third-order valence-electron chi connectivity index (χ3n) is 11.9. The van der Waals surface area contributed by atoms with Gasteiger partial charge in [-0.2, -0.15) is 0 Å². The van der Waals surface area contributed by atoms with Crippen molar-refractivity contribution in [1.82, 2.24) is 0 Å². The van der Waals surface area contributed by atoms with Gasteiger partial charge in [0.25, 0.3) is 0 Å². The van der Waals surface area contributed by atoms with Crippen LogP contribution in [0.4, 0.5) is 0 Å². The number of fused-ring (bicyclic) bond motifs is 2. The second-order valence-electron chi connectivity index (χ2n) is 14.1. The van der Waals surface area contributed by atoms with Crippen LogP contribution >= 0.6 is 0 Å². The number of allylic oxidation sites excluding steroid dienone is 26. The van der Waals surface area contributed by atoms with Gasteiger partial charge in [0.1, 0.15) is 0 Å². The Hall–Kier alpha value is -3.38. The molecule has 9 rings (SSSR count). The highest BCUT2D eigenvalue weighted by Crippen LogP contribution is 2.64. The van der Waals surface area contributed by atoms with E-state index < -0.39 is 0 Å². The average Bonchev–Trinajstić information content (AvgIpc) is 3.02. The fourth-order valence-electron chi connectivity index (χ4n) is 10.2. The van der Waals surface area contributed by atoms with Crippen LogP contribution in [0.1, 0.15) is 52.4 Å². The molecule has 0 N–H and O–H groups in total. The minimum absolute atomic E-state index is 0.159. The monoisotopic (exact) mass is 532 g/mol. The van der Waals surface area contributed by atoms with Crippen molar-refractivity contribution in [2.45, 2.75) is 52.4 Å². The molecule has 0 heterocycles. The van der Waals surface area contributed by atoms with E-state index in [1.807, 2.05) is 0 Å². The molecular formula is C41H40. The average molecular weight is 533 g/mol. The lowest BCUT2D eigenvalue weighted by Crippen LogP contribution is -2.45. The van der Waals surface area contributed by atoms with Gasteiger partial charge in [-0.15, -0.1) is 0 Å². The number of rotatable bonds is 2. The minimum Gasteiger partial charge on any atom is -0.0836 e. The predicted molar refractivity (Wildman–Crippen MR) is 171 cm³/mol. The van der Waals surface area contributed by atoms with Crippen LogP contribution < -0.4 is 0 Å². The third-order valence-corrected chi connectivity index (χ3v) is 11.9. The van der Waals surface area contributed by atoms with Crippen LogP contribution in [0, 0.1) is 40.9 Å². The standard InChI is InChI=1S/C41H40/c1-41(2)34-20-10-14-26-22-23-27-24-33(32-19-11-21-35(41)40(32)38(27)37(26)34)39-30-17-8-6-15-28(30)36(25-12-4-3-5-13-25)29-16-7-9-18-31(29)39/h3-8,10,12,14-16,20-25,30,32-34,37H,9,11,13,17-19H2,1-2H3. The van der Waals surface area contributed by atoms with Crippen LogP contribution in [0.25, 0.3) is 0 Å². The molecule has 0 aromatic heterocycles. The van der Waals surface area contributed by atoms with E-state index in [4.69, 9.17) is 0 Å². The normalized spacial score (nSPS) is 36.8. The largest absolute Gasteiger partial charge is 0.0836 e. The Balaban J connectivity index is 1.27. The molecule has 0 fully saturated rings. The van der Waals surface area contributed by atoms with Gasteiger partial charge in [0, 0.05) is 23.7 Å². The maximum atomic E-state index is 2.76. The zero-order chi connectivity index (χ0) is 27.3. The summed E-state index contributed by atoms with van der Waals surface area (Å²) in [5, 5.41) is 0. The second kappa shape index (κ2) is 8.81. The molecule has 0 aromatic rings. The molecule has 0 spiro atoms. The van der Waals surface area contributed by atoms with E-state index in [9.17, 15) is 0 Å². The minimum atomic E-state index is 0.159. The van der Waals surface area contributed by atoms with Gasteiger partial charge in [-0.05, 0) is 106 Å². The molecule has 0 saturated heterocycles. The van der Waals surface area contributed by atoms with Crippen LogP contribution in [-0.4, -0.2) is 0 Å². The van der Waals surface area contributed by atoms with E-state index in [2.05, 4.69) is 111 Å². The summed E-state index contributed by atoms with van der Waals surface area (Å²) in [6.45, 7) is 5.07. The van der Waals surface area contributed by atoms with Crippen molar-refractivity contribution < 1.29 is 0 Å². The highest BCUT2D eigenvalue weighted by Gasteiger charge is 2.53. The van der Waals surface area contributed by atoms with Crippen molar-refractivity contribution in [3.63, 3.8) is 0 Å². The SMILES string of the molecule is CC1(C)C2=CCCC3C2=C2C(=CC3C3=C4CCC=CC4=C(C4C=CC=CC4)C4=CC=CCC43)C=CC3=CC=CC1C32. The van der Waals surface area contributed by atoms with Gasteiger partial charge in [-0.1, -0.05) is 117 Å². The van der Waals surface area contributed by atoms with Gasteiger partial charge in [-0.25, -0.2) is 0 Å². The van der Waals surface area contributed by atoms with Crippen molar-refractivity contribution in [3.8, 4) is 0 Å². The molecular weight excluding hydrogens is 492 g/mol. The maximum absolute atomic E-state index is 2.76. The molecule has 0 amide bonds. The van der Waals surface area contributed by atoms with Gasteiger partial charge >= 0.3 is 0 Å². The molecule has 0 heteroatoms. The van der Waals surface area contributed by atoms with Crippen LogP contribution in [0.2, 0.25) is 0 Å². The van der Waals surface area contributed by atoms with E-state index in [-0.39, 0.29) is 5.41 Å². The van der Waals surface area contributed by atoms with E-state index in [0.717, 1.165) is 12.8 Å². The predicted octanol–water partition coefficient (Wildman–Crippen LogP) is 10.1. The fourth-order valence-corrected chi connectivity index (χ4v) is 10.2. The zero-order valence-electron chi connectivity index (χ0n) is 24.4. The van der Waals surface area contributed by atoms with Crippen molar-refractivity contribution >= 4 is 0 Å². The highest BCUT2D eigenvalue weighted by atomic mass is 14.6. The topological polar surface area (TPSA) is 0 Å². The summed E-state index contributed by atoms with van der Waals surface area (Å²) < 4.78 is 0. The lowest BCUT2D eigenvalue weighted by Gasteiger charge is -2.55. The molecule has 6 atom stereocenters. The van der Waals surface area contributed by atoms with Gasteiger partial charge in [0.15, 0.2) is 0 Å². The van der Waals surface area contributed by atoms with E-state index >= 15 is 0 Å². The van der Waals surface area contributed by atoms with Crippen molar-refractivity contribution in [3.05, 3.63) is 153 Å². The smallest absolute Gasteiger partial charge is 0.0169 e. The Morgan fingerprint density at radius 2 is 1.73 bits per heavy atom. The van der Waals surface area contributed by atoms with Crippen molar-refractivity contribution in [2.75, 3.05) is 0 Å². The fraction of sp³-hybridized carbons (Fsp3) is 0.366. The quantitative estimate of drug-likeness (QED) is 0.332. The second-order valence-corrected chi connectivity index (χ2v) is 14.1. The molecule has 9 aliphatic rings. The molecule has 0 bridgehead atoms. The lowest BCUT2D eigenvalue weighted by atomic mass is 9.48. The molecule has 41 heavy (non-hydrogen) atoms. The zero-order valence-corrected chi connectivity index (χ0v) is 24.4. The lowest BCUT2D eigenvalue weighted by molar-refractivity contribution is 0.236. The van der Waals surface area contributed by atoms with Crippen LogP contribution in [0.5, 0.6) is 0 Å². The number of hydrogen-bond donors (Lipinski definition) is 0. The molecule has 0 radical (unpaired) electrons. The summed E-state index contributed by atoms with van der Waals surface area (Å²) in [4.78, 5) is 0. The van der Waals surface area contributed by atoms with E-state index in [0.29, 0.717) is 35.5 Å². The third kappa shape index (κ3) is 3.28. The van der Waals surface area contributed by atoms with Gasteiger partial charge in [0.05, 0.1) is 0 Å². The first-order chi connectivity index (χ1) is 20.1. The summed E-state index contributed by atoms with van der Waals surface area (Å²) in [7, 11) is 0. The Morgan fingerprint density at radius 1 is 0.805 bits per heavy atom. The van der Waals surface area contributed by atoms with Crippen LogP contribution in [-0.2, 0) is 0 Å². The number of hydrogen-bond acceptors (Lipinski definition) is 0. The molecule has 0 saturated carbocycles. The summed E-state index contributed by atoms with van der Waals surface area (Å²) in [5.41, 5.74) is 16.5. The first-order valence-electron chi connectivity index (χ1n) is 16.2. The first kappa shape index (κ1) is 24.2. The molecule has 204 valence electrons. The molecule has 6 unspecified atom stereocenters. The summed E-state index contributed by atoms with van der Waals surface area (Å²) in [6.07, 6.45) is 46.2. The molecule has 0 aromatic carbocycles. The molecule has 0 aliphatic heterocycles. The highest BCUT2D eigenvalue weighted by molar-refractivity contribution is 5.70.